The smallest absolute Gasteiger partial charge is 0.429 e. The summed E-state index contributed by atoms with van der Waals surface area (Å²) >= 11 is 0. The Morgan fingerprint density at radius 2 is 1.35 bits per heavy atom. The van der Waals surface area contributed by atoms with Gasteiger partial charge in [-0.25, -0.2) is 26.3 Å². The minimum Gasteiger partial charge on any atom is -0.429 e. The van der Waals surface area contributed by atoms with Crippen LogP contribution in [0.25, 0.3) is 11.6 Å². The van der Waals surface area contributed by atoms with E-state index in [4.69, 9.17) is 0 Å². The molecular weight excluding hydrogens is 468 g/mol. The lowest BCUT2D eigenvalue weighted by Gasteiger charge is -2.20. The summed E-state index contributed by atoms with van der Waals surface area (Å²) in [6.07, 6.45) is -2.66. The maximum absolute atomic E-state index is 14.7. The number of allylic oxidation sites excluding steroid dienone is 1. The SMILES string of the molecule is CCCc1cc(F)c(C(F)(F)Oc2cc(F)c(C3=Cc4cc(F)c(F)cc4C3)c(F)c2)c(F)c1. The third-order valence-electron chi connectivity index (χ3n) is 5.41. The van der Waals surface area contributed by atoms with Crippen molar-refractivity contribution in [1.29, 1.82) is 0 Å². The van der Waals surface area contributed by atoms with Crippen LogP contribution in [0.4, 0.5) is 35.1 Å². The molecule has 0 heterocycles. The van der Waals surface area contributed by atoms with Gasteiger partial charge in [-0.1, -0.05) is 19.4 Å². The molecule has 34 heavy (non-hydrogen) atoms. The number of hydrogen-bond donors (Lipinski definition) is 0. The Morgan fingerprint density at radius 1 is 0.765 bits per heavy atom. The minimum absolute atomic E-state index is 0.0249. The molecule has 3 aromatic rings. The van der Waals surface area contributed by atoms with Gasteiger partial charge in [0.05, 0.1) is 0 Å². The van der Waals surface area contributed by atoms with E-state index in [2.05, 4.69) is 4.74 Å². The third-order valence-corrected chi connectivity index (χ3v) is 5.41. The number of hydrogen-bond acceptors (Lipinski definition) is 1. The number of ether oxygens (including phenoxy) is 1. The molecule has 0 saturated carbocycles. The maximum atomic E-state index is 14.7. The molecule has 0 spiro atoms. The monoisotopic (exact) mass is 484 g/mol. The second-order valence-electron chi connectivity index (χ2n) is 7.88. The summed E-state index contributed by atoms with van der Waals surface area (Å²) in [4.78, 5) is 0. The minimum atomic E-state index is -4.57. The molecule has 1 aliphatic carbocycles. The topological polar surface area (TPSA) is 9.23 Å². The van der Waals surface area contributed by atoms with E-state index in [1.165, 1.54) is 6.08 Å². The molecule has 0 saturated heterocycles. The molecule has 0 unspecified atom stereocenters. The Hall–Kier alpha value is -3.36. The van der Waals surface area contributed by atoms with Crippen molar-refractivity contribution in [3.63, 3.8) is 0 Å². The van der Waals surface area contributed by atoms with E-state index in [0.29, 0.717) is 18.6 Å². The van der Waals surface area contributed by atoms with Gasteiger partial charge in [0.25, 0.3) is 0 Å². The molecule has 0 bridgehead atoms. The summed E-state index contributed by atoms with van der Waals surface area (Å²) in [5, 5.41) is 0. The van der Waals surface area contributed by atoms with Crippen LogP contribution < -0.4 is 4.74 Å². The Kier molecular flexibility index (Phi) is 6.14. The summed E-state index contributed by atoms with van der Waals surface area (Å²) in [7, 11) is 0. The molecule has 0 aliphatic heterocycles. The molecule has 4 rings (SSSR count). The fraction of sp³-hybridized carbons (Fsp3) is 0.200. The van der Waals surface area contributed by atoms with Crippen LogP contribution in [0.3, 0.4) is 0 Å². The van der Waals surface area contributed by atoms with Crippen molar-refractivity contribution in [2.75, 3.05) is 0 Å². The first kappa shape index (κ1) is 23.8. The largest absolute Gasteiger partial charge is 0.432 e. The van der Waals surface area contributed by atoms with Crippen LogP contribution in [0, 0.1) is 34.9 Å². The van der Waals surface area contributed by atoms with Crippen molar-refractivity contribution in [2.45, 2.75) is 32.3 Å². The average molecular weight is 484 g/mol. The highest BCUT2D eigenvalue weighted by molar-refractivity contribution is 5.89. The number of fused-ring (bicyclic) bond motifs is 1. The van der Waals surface area contributed by atoms with Gasteiger partial charge in [-0.3, -0.25) is 0 Å². The zero-order chi connectivity index (χ0) is 24.8. The molecule has 0 atom stereocenters. The summed E-state index contributed by atoms with van der Waals surface area (Å²) < 4.78 is 118. The van der Waals surface area contributed by atoms with Gasteiger partial charge >= 0.3 is 6.11 Å². The molecule has 0 aromatic heterocycles. The van der Waals surface area contributed by atoms with Crippen molar-refractivity contribution in [2.24, 2.45) is 0 Å². The second-order valence-corrected chi connectivity index (χ2v) is 7.88. The summed E-state index contributed by atoms with van der Waals surface area (Å²) in [6, 6.07) is 4.16. The molecule has 1 aliphatic rings. The zero-order valence-corrected chi connectivity index (χ0v) is 17.6. The summed E-state index contributed by atoms with van der Waals surface area (Å²) in [6.45, 7) is 1.74. The van der Waals surface area contributed by atoms with E-state index >= 15 is 0 Å². The van der Waals surface area contributed by atoms with Gasteiger partial charge in [0, 0.05) is 17.7 Å². The van der Waals surface area contributed by atoms with Crippen LogP contribution in [0.1, 0.15) is 41.2 Å². The van der Waals surface area contributed by atoms with Crippen molar-refractivity contribution < 1.29 is 39.9 Å². The predicted octanol–water partition coefficient (Wildman–Crippen LogP) is 7.70. The van der Waals surface area contributed by atoms with E-state index in [1.807, 2.05) is 0 Å². The number of rotatable bonds is 6. The summed E-state index contributed by atoms with van der Waals surface area (Å²) in [5.74, 6) is -8.98. The lowest BCUT2D eigenvalue weighted by atomic mass is 10.0. The summed E-state index contributed by atoms with van der Waals surface area (Å²) in [5.41, 5.74) is -1.58. The van der Waals surface area contributed by atoms with E-state index < -0.39 is 57.9 Å². The average Bonchev–Trinajstić information content (AvgIpc) is 3.08. The highest BCUT2D eigenvalue weighted by Gasteiger charge is 2.41. The molecule has 178 valence electrons. The Morgan fingerprint density at radius 3 is 1.94 bits per heavy atom. The van der Waals surface area contributed by atoms with Gasteiger partial charge in [-0.05, 0) is 59.4 Å². The molecule has 9 heteroatoms. The lowest BCUT2D eigenvalue weighted by Crippen LogP contribution is -2.25. The molecule has 0 fully saturated rings. The van der Waals surface area contributed by atoms with Gasteiger partial charge in [0.2, 0.25) is 0 Å². The van der Waals surface area contributed by atoms with Crippen molar-refractivity contribution in [3.05, 3.63) is 99.1 Å². The molecule has 3 aromatic carbocycles. The van der Waals surface area contributed by atoms with Crippen LogP contribution in [0.2, 0.25) is 0 Å². The number of halogens is 8. The van der Waals surface area contributed by atoms with Crippen molar-refractivity contribution in [3.8, 4) is 5.75 Å². The standard InChI is InChI=1S/C25H16F8O/c1-2-3-12-4-21(30)24(22(31)5-12)25(32,33)34-16-10-19(28)23(20(29)11-16)15-6-13-8-17(26)18(27)9-14(13)7-15/h4-6,8-11H,2-3,7H2,1H3. The van der Waals surface area contributed by atoms with Crippen LogP contribution in [0.5, 0.6) is 5.75 Å². The van der Waals surface area contributed by atoms with Crippen LogP contribution in [0.15, 0.2) is 36.4 Å². The number of benzene rings is 3. The van der Waals surface area contributed by atoms with E-state index in [-0.39, 0.29) is 35.1 Å². The third kappa shape index (κ3) is 4.38. The first-order valence-electron chi connectivity index (χ1n) is 10.2. The lowest BCUT2D eigenvalue weighted by molar-refractivity contribution is -0.189. The first-order chi connectivity index (χ1) is 16.0. The fourth-order valence-corrected chi connectivity index (χ4v) is 3.95. The molecule has 0 amide bonds. The highest BCUT2D eigenvalue weighted by atomic mass is 19.3. The van der Waals surface area contributed by atoms with Crippen LogP contribution in [-0.4, -0.2) is 0 Å². The molecule has 0 radical (unpaired) electrons. The van der Waals surface area contributed by atoms with Gasteiger partial charge in [0.15, 0.2) is 11.6 Å². The Bertz CT molecular complexity index is 1270. The fourth-order valence-electron chi connectivity index (χ4n) is 3.95. The number of aryl methyl sites for hydroxylation is 1. The first-order valence-corrected chi connectivity index (χ1v) is 10.2. The Balaban J connectivity index is 1.64. The molecule has 0 N–H and O–H groups in total. The van der Waals surface area contributed by atoms with E-state index in [1.54, 1.807) is 6.92 Å². The predicted molar refractivity (Wildman–Crippen MR) is 109 cm³/mol. The van der Waals surface area contributed by atoms with Gasteiger partial charge in [-0.15, -0.1) is 0 Å². The maximum Gasteiger partial charge on any atom is 0.432 e. The van der Waals surface area contributed by atoms with Crippen molar-refractivity contribution in [1.82, 2.24) is 0 Å². The molecular formula is C25H16F8O. The second kappa shape index (κ2) is 8.77. The van der Waals surface area contributed by atoms with E-state index in [9.17, 15) is 35.1 Å². The zero-order valence-electron chi connectivity index (χ0n) is 17.6. The normalized spacial score (nSPS) is 13.1. The quantitative estimate of drug-likeness (QED) is 0.326. The van der Waals surface area contributed by atoms with Gasteiger partial charge in [-0.2, -0.15) is 8.78 Å². The van der Waals surface area contributed by atoms with Gasteiger partial charge < -0.3 is 4.74 Å². The number of alkyl halides is 2. The van der Waals surface area contributed by atoms with Crippen LogP contribution in [-0.2, 0) is 19.0 Å². The Labute approximate surface area is 189 Å². The van der Waals surface area contributed by atoms with Gasteiger partial charge in [0.1, 0.15) is 34.6 Å². The van der Waals surface area contributed by atoms with E-state index in [0.717, 1.165) is 24.3 Å². The van der Waals surface area contributed by atoms with Crippen LogP contribution >= 0.6 is 0 Å². The molecule has 1 nitrogen and oxygen atoms in total. The highest BCUT2D eigenvalue weighted by Crippen LogP contribution is 2.39. The van der Waals surface area contributed by atoms with Crippen molar-refractivity contribution >= 4 is 11.6 Å².